The first kappa shape index (κ1) is 16.2. The number of aromatic nitrogens is 2. The summed E-state index contributed by atoms with van der Waals surface area (Å²) in [6.45, 7) is 0. The summed E-state index contributed by atoms with van der Waals surface area (Å²) in [6.07, 6.45) is 2.05. The molecule has 6 heteroatoms. The van der Waals surface area contributed by atoms with E-state index in [-0.39, 0.29) is 6.15 Å². The van der Waals surface area contributed by atoms with Crippen molar-refractivity contribution in [2.75, 3.05) is 0 Å². The number of nitrogens with zero attached hydrogens (tertiary/aromatic N) is 1. The van der Waals surface area contributed by atoms with Gasteiger partial charge in [0.2, 0.25) is 0 Å². The first-order chi connectivity index (χ1) is 10.6. The predicted octanol–water partition coefficient (Wildman–Crippen LogP) is 4.07. The smallest absolute Gasteiger partial charge is 0.342 e. The van der Waals surface area contributed by atoms with Crippen LogP contribution in [-0.2, 0) is 22.4 Å². The largest absolute Gasteiger partial charge is 0.373 e. The molecule has 0 unspecified atom stereocenters. The van der Waals surface area contributed by atoms with E-state index in [9.17, 15) is 0 Å². The van der Waals surface area contributed by atoms with Gasteiger partial charge in [-0.15, -0.1) is 0 Å². The van der Waals surface area contributed by atoms with Crippen molar-refractivity contribution in [3.05, 3.63) is 63.9 Å². The van der Waals surface area contributed by atoms with E-state index in [1.165, 1.54) is 5.56 Å². The molecule has 0 aliphatic carbocycles. The number of hydrogen-bond acceptors (Lipinski definition) is 3. The van der Waals surface area contributed by atoms with E-state index in [0.29, 0.717) is 0 Å². The first-order valence-electron chi connectivity index (χ1n) is 6.50. The van der Waals surface area contributed by atoms with Gasteiger partial charge in [0.15, 0.2) is 0 Å². The van der Waals surface area contributed by atoms with Gasteiger partial charge >= 0.3 is 6.15 Å². The van der Waals surface area contributed by atoms with Gasteiger partial charge in [-0.3, -0.25) is 0 Å². The van der Waals surface area contributed by atoms with E-state index in [1.54, 1.807) is 0 Å². The van der Waals surface area contributed by atoms with Crippen molar-refractivity contribution < 1.29 is 9.59 Å². The van der Waals surface area contributed by atoms with Crippen molar-refractivity contribution >= 4 is 40.4 Å². The third kappa shape index (κ3) is 4.43. The topological polar surface area (TPSA) is 62.8 Å². The number of halogens is 2. The third-order valence-corrected chi connectivity index (χ3v) is 3.54. The number of nitrogens with one attached hydrogen (secondary N) is 1. The molecular formula is C16H12Cl2N2O2. The zero-order valence-electron chi connectivity index (χ0n) is 11.5. The lowest BCUT2D eigenvalue weighted by atomic mass is 10.1. The van der Waals surface area contributed by atoms with Crippen molar-refractivity contribution in [3.63, 3.8) is 0 Å². The fraction of sp³-hybridized carbons (Fsp3) is 0.125. The number of rotatable bonds is 3. The maximum Gasteiger partial charge on any atom is 0.373 e. The van der Waals surface area contributed by atoms with Gasteiger partial charge in [0.1, 0.15) is 5.82 Å². The van der Waals surface area contributed by atoms with Gasteiger partial charge in [0.25, 0.3) is 0 Å². The fourth-order valence-electron chi connectivity index (χ4n) is 2.07. The molecule has 1 aromatic heterocycles. The summed E-state index contributed by atoms with van der Waals surface area (Å²) in [5.74, 6) is 0.979. The predicted molar refractivity (Wildman–Crippen MR) is 85.0 cm³/mol. The molecule has 1 heterocycles. The molecule has 0 aliphatic heterocycles. The van der Waals surface area contributed by atoms with Gasteiger partial charge in [0, 0.05) is 16.5 Å². The fourth-order valence-corrected chi connectivity index (χ4v) is 2.36. The van der Waals surface area contributed by atoms with Gasteiger partial charge in [-0.05, 0) is 42.3 Å². The summed E-state index contributed by atoms with van der Waals surface area (Å²) in [7, 11) is 0. The molecule has 0 aliphatic rings. The van der Waals surface area contributed by atoms with Crippen LogP contribution in [0.2, 0.25) is 10.0 Å². The SMILES string of the molecule is Clc1ccc(CCc2nc3ccc(Cl)cc3[nH]2)cc1.O=C=O. The lowest BCUT2D eigenvalue weighted by molar-refractivity contribution is -0.191. The van der Waals surface area contributed by atoms with Gasteiger partial charge < -0.3 is 4.98 Å². The van der Waals surface area contributed by atoms with Crippen LogP contribution in [0.4, 0.5) is 0 Å². The highest BCUT2D eigenvalue weighted by molar-refractivity contribution is 6.31. The van der Waals surface area contributed by atoms with Crippen molar-refractivity contribution in [1.82, 2.24) is 9.97 Å². The first-order valence-corrected chi connectivity index (χ1v) is 7.26. The Hall–Kier alpha value is -2.13. The van der Waals surface area contributed by atoms with Crippen LogP contribution in [0.1, 0.15) is 11.4 Å². The van der Waals surface area contributed by atoms with Gasteiger partial charge in [0.05, 0.1) is 11.0 Å². The number of aromatic amines is 1. The van der Waals surface area contributed by atoms with Crippen molar-refractivity contribution in [1.29, 1.82) is 0 Å². The Balaban J connectivity index is 0.000000545. The molecule has 3 aromatic rings. The second kappa shape index (κ2) is 7.76. The minimum absolute atomic E-state index is 0.250. The molecule has 0 saturated heterocycles. The average molecular weight is 335 g/mol. The highest BCUT2D eigenvalue weighted by Crippen LogP contribution is 2.18. The minimum atomic E-state index is 0.250. The van der Waals surface area contributed by atoms with Gasteiger partial charge in [-0.25, -0.2) is 4.98 Å². The van der Waals surface area contributed by atoms with Crippen LogP contribution in [0, 0.1) is 0 Å². The number of benzene rings is 2. The highest BCUT2D eigenvalue weighted by Gasteiger charge is 2.03. The summed E-state index contributed by atoms with van der Waals surface area (Å²) < 4.78 is 0. The quantitative estimate of drug-likeness (QED) is 0.785. The Morgan fingerprint density at radius 2 is 1.59 bits per heavy atom. The third-order valence-electron chi connectivity index (χ3n) is 3.06. The number of hydrogen-bond donors (Lipinski definition) is 1. The second-order valence-electron chi connectivity index (χ2n) is 4.55. The molecule has 22 heavy (non-hydrogen) atoms. The molecule has 0 bridgehead atoms. The summed E-state index contributed by atoms with van der Waals surface area (Å²) >= 11 is 11.8. The summed E-state index contributed by atoms with van der Waals surface area (Å²) in [5.41, 5.74) is 3.19. The zero-order chi connectivity index (χ0) is 15.9. The van der Waals surface area contributed by atoms with Crippen LogP contribution in [0.25, 0.3) is 11.0 Å². The molecule has 0 saturated carbocycles. The molecule has 4 nitrogen and oxygen atoms in total. The standard InChI is InChI=1S/C15H12Cl2N2.CO2/c16-11-4-1-10(2-5-11)3-8-15-18-13-7-6-12(17)9-14(13)19-15;2-1-3/h1-2,4-7,9H,3,8H2,(H,18,19);. The molecule has 0 spiro atoms. The van der Waals surface area contributed by atoms with Crippen LogP contribution in [-0.4, -0.2) is 16.1 Å². The molecule has 0 radical (unpaired) electrons. The van der Waals surface area contributed by atoms with Crippen molar-refractivity contribution in [3.8, 4) is 0 Å². The second-order valence-corrected chi connectivity index (χ2v) is 5.43. The molecule has 3 rings (SSSR count). The average Bonchev–Trinajstić information content (AvgIpc) is 2.89. The van der Waals surface area contributed by atoms with Crippen molar-refractivity contribution in [2.24, 2.45) is 0 Å². The molecule has 2 aromatic carbocycles. The van der Waals surface area contributed by atoms with E-state index in [0.717, 1.165) is 39.7 Å². The Labute approximate surface area is 137 Å². The van der Waals surface area contributed by atoms with Gasteiger partial charge in [-0.1, -0.05) is 35.3 Å². The van der Waals surface area contributed by atoms with Crippen LogP contribution >= 0.6 is 23.2 Å². The monoisotopic (exact) mass is 334 g/mol. The Kier molecular flexibility index (Phi) is 5.73. The maximum absolute atomic E-state index is 8.12. The highest BCUT2D eigenvalue weighted by atomic mass is 35.5. The Bertz CT molecular complexity index is 792. The number of imidazole rings is 1. The summed E-state index contributed by atoms with van der Waals surface area (Å²) in [4.78, 5) is 24.1. The summed E-state index contributed by atoms with van der Waals surface area (Å²) in [5, 5.41) is 1.49. The Morgan fingerprint density at radius 1 is 0.955 bits per heavy atom. The number of aryl methyl sites for hydroxylation is 2. The van der Waals surface area contributed by atoms with Crippen molar-refractivity contribution in [2.45, 2.75) is 12.8 Å². The molecule has 1 N–H and O–H groups in total. The number of carbonyl (C=O) groups excluding carboxylic acids is 2. The van der Waals surface area contributed by atoms with Crippen LogP contribution in [0.3, 0.4) is 0 Å². The summed E-state index contributed by atoms with van der Waals surface area (Å²) in [6, 6.07) is 13.6. The van der Waals surface area contributed by atoms with E-state index in [4.69, 9.17) is 32.8 Å². The maximum atomic E-state index is 8.12. The minimum Gasteiger partial charge on any atom is -0.342 e. The van der Waals surface area contributed by atoms with E-state index in [1.807, 2.05) is 42.5 Å². The molecule has 112 valence electrons. The number of H-pyrrole nitrogens is 1. The van der Waals surface area contributed by atoms with E-state index < -0.39 is 0 Å². The zero-order valence-corrected chi connectivity index (χ0v) is 13.0. The lowest BCUT2D eigenvalue weighted by Gasteiger charge is -1.99. The molecule has 0 amide bonds. The molecule has 0 fully saturated rings. The number of fused-ring (bicyclic) bond motifs is 1. The lowest BCUT2D eigenvalue weighted by Crippen LogP contribution is -1.93. The van der Waals surface area contributed by atoms with Gasteiger partial charge in [-0.2, -0.15) is 9.59 Å². The normalized spacial score (nSPS) is 9.91. The van der Waals surface area contributed by atoms with Crippen LogP contribution < -0.4 is 0 Å². The van der Waals surface area contributed by atoms with Crippen LogP contribution in [0.5, 0.6) is 0 Å². The Morgan fingerprint density at radius 3 is 2.27 bits per heavy atom. The van der Waals surface area contributed by atoms with Crippen LogP contribution in [0.15, 0.2) is 42.5 Å². The molecule has 0 atom stereocenters. The van der Waals surface area contributed by atoms with E-state index in [2.05, 4.69) is 9.97 Å². The molecular weight excluding hydrogens is 323 g/mol. The van der Waals surface area contributed by atoms with E-state index >= 15 is 0 Å².